The van der Waals surface area contributed by atoms with Gasteiger partial charge in [0.1, 0.15) is 0 Å². The second-order valence-electron chi connectivity index (χ2n) is 4.52. The SMILES string of the molecule is O=C([O-])[C@H]1C[C@H](O)CN1S(=O)(=O)c1ccccc1[N+](=O)[O-]. The third-order valence-electron chi connectivity index (χ3n) is 3.15. The van der Waals surface area contributed by atoms with Crippen LogP contribution in [0, 0.1) is 10.1 Å². The zero-order valence-electron chi connectivity index (χ0n) is 10.6. The third-order valence-corrected chi connectivity index (χ3v) is 5.08. The summed E-state index contributed by atoms with van der Waals surface area (Å²) >= 11 is 0. The Morgan fingerprint density at radius 3 is 2.57 bits per heavy atom. The van der Waals surface area contributed by atoms with Crippen molar-refractivity contribution in [3.05, 3.63) is 34.4 Å². The van der Waals surface area contributed by atoms with Gasteiger partial charge in [-0.2, -0.15) is 4.31 Å². The maximum atomic E-state index is 12.4. The molecule has 0 radical (unpaired) electrons. The molecule has 1 aliphatic heterocycles. The summed E-state index contributed by atoms with van der Waals surface area (Å²) in [5.41, 5.74) is -0.656. The van der Waals surface area contributed by atoms with E-state index in [1.807, 2.05) is 0 Å². The van der Waals surface area contributed by atoms with E-state index in [4.69, 9.17) is 0 Å². The van der Waals surface area contributed by atoms with Gasteiger partial charge in [0.2, 0.25) is 0 Å². The Hall–Kier alpha value is -2.04. The molecule has 2 atom stereocenters. The number of carboxylic acids is 1. The highest BCUT2D eigenvalue weighted by atomic mass is 32.2. The number of aliphatic carboxylic acids is 1. The van der Waals surface area contributed by atoms with Crippen molar-refractivity contribution in [1.82, 2.24) is 4.31 Å². The van der Waals surface area contributed by atoms with E-state index < -0.39 is 50.2 Å². The second kappa shape index (κ2) is 5.39. The van der Waals surface area contributed by atoms with Crippen molar-refractivity contribution >= 4 is 21.7 Å². The average molecular weight is 315 g/mol. The largest absolute Gasteiger partial charge is 0.548 e. The van der Waals surface area contributed by atoms with Crippen LogP contribution in [0.3, 0.4) is 0 Å². The highest BCUT2D eigenvalue weighted by Crippen LogP contribution is 2.31. The van der Waals surface area contributed by atoms with Gasteiger partial charge in [0.25, 0.3) is 15.7 Å². The van der Waals surface area contributed by atoms with Gasteiger partial charge in [-0.15, -0.1) is 0 Å². The number of nitrogens with zero attached hydrogens (tertiary/aromatic N) is 2. The number of nitro benzene ring substituents is 1. The van der Waals surface area contributed by atoms with E-state index in [2.05, 4.69) is 0 Å². The van der Waals surface area contributed by atoms with Crippen molar-refractivity contribution < 1.29 is 28.3 Å². The number of hydrogen-bond donors (Lipinski definition) is 1. The first-order valence-corrected chi connectivity index (χ1v) is 7.33. The number of sulfonamides is 1. The summed E-state index contributed by atoms with van der Waals surface area (Å²) in [7, 11) is -4.43. The molecule has 0 bridgehead atoms. The first-order chi connectivity index (χ1) is 9.75. The van der Waals surface area contributed by atoms with E-state index in [0.717, 1.165) is 12.1 Å². The Balaban J connectivity index is 2.52. The van der Waals surface area contributed by atoms with Gasteiger partial charge in [-0.05, 0) is 12.5 Å². The van der Waals surface area contributed by atoms with E-state index in [9.17, 15) is 33.5 Å². The fraction of sp³-hybridized carbons (Fsp3) is 0.364. The topological polar surface area (TPSA) is 141 Å². The number of aliphatic hydroxyl groups excluding tert-OH is 1. The minimum Gasteiger partial charge on any atom is -0.548 e. The van der Waals surface area contributed by atoms with Crippen LogP contribution in [0.1, 0.15) is 6.42 Å². The molecule has 21 heavy (non-hydrogen) atoms. The third kappa shape index (κ3) is 2.73. The van der Waals surface area contributed by atoms with Gasteiger partial charge in [0, 0.05) is 12.6 Å². The molecule has 1 N–H and O–H groups in total. The lowest BCUT2D eigenvalue weighted by molar-refractivity contribution is -0.387. The van der Waals surface area contributed by atoms with Crippen LogP contribution in [-0.4, -0.2) is 47.4 Å². The molecule has 0 saturated carbocycles. The van der Waals surface area contributed by atoms with E-state index in [1.54, 1.807) is 0 Å². The Morgan fingerprint density at radius 1 is 1.38 bits per heavy atom. The summed E-state index contributed by atoms with van der Waals surface area (Å²) < 4.78 is 25.4. The molecule has 114 valence electrons. The van der Waals surface area contributed by atoms with Gasteiger partial charge in [-0.3, -0.25) is 10.1 Å². The van der Waals surface area contributed by atoms with E-state index >= 15 is 0 Å². The number of nitro groups is 1. The van der Waals surface area contributed by atoms with Gasteiger partial charge in [0.15, 0.2) is 4.90 Å². The Bertz CT molecular complexity index is 688. The summed E-state index contributed by atoms with van der Waals surface area (Å²) in [6, 6.07) is 3.06. The number of aliphatic hydroxyl groups is 1. The summed E-state index contributed by atoms with van der Waals surface area (Å²) in [5, 5.41) is 31.4. The van der Waals surface area contributed by atoms with Crippen molar-refractivity contribution in [2.24, 2.45) is 0 Å². The van der Waals surface area contributed by atoms with Crippen LogP contribution in [0.5, 0.6) is 0 Å². The lowest BCUT2D eigenvalue weighted by Crippen LogP contribution is -2.46. The van der Waals surface area contributed by atoms with E-state index in [-0.39, 0.29) is 6.42 Å². The van der Waals surface area contributed by atoms with Crippen LogP contribution < -0.4 is 5.11 Å². The predicted octanol–water partition coefficient (Wildman–Crippen LogP) is -1.53. The maximum Gasteiger partial charge on any atom is 0.289 e. The van der Waals surface area contributed by atoms with Crippen molar-refractivity contribution in [2.45, 2.75) is 23.5 Å². The van der Waals surface area contributed by atoms with Crippen LogP contribution in [0.2, 0.25) is 0 Å². The summed E-state index contributed by atoms with van der Waals surface area (Å²) in [4.78, 5) is 20.4. The first-order valence-electron chi connectivity index (χ1n) is 5.89. The van der Waals surface area contributed by atoms with Crippen molar-refractivity contribution in [3.63, 3.8) is 0 Å². The molecule has 1 heterocycles. The number of β-amino-alcohol motifs (C(OH)–C–C–N with tert-alkyl or cyclic N) is 1. The molecule has 0 amide bonds. The first kappa shape index (κ1) is 15.4. The van der Waals surface area contributed by atoms with Gasteiger partial charge in [0.05, 0.1) is 23.0 Å². The maximum absolute atomic E-state index is 12.4. The fourth-order valence-corrected chi connectivity index (χ4v) is 4.00. The zero-order valence-corrected chi connectivity index (χ0v) is 11.4. The molecular formula is C11H11N2O7S-. The number of carbonyl (C=O) groups is 1. The summed E-state index contributed by atoms with van der Waals surface area (Å²) in [6.45, 7) is -0.451. The van der Waals surface area contributed by atoms with Gasteiger partial charge in [-0.1, -0.05) is 12.1 Å². The molecule has 0 spiro atoms. The molecule has 0 aliphatic carbocycles. The molecule has 1 aliphatic rings. The summed E-state index contributed by atoms with van der Waals surface area (Å²) in [6.07, 6.45) is -1.48. The van der Waals surface area contributed by atoms with Crippen molar-refractivity contribution in [2.75, 3.05) is 6.54 Å². The number of hydrogen-bond acceptors (Lipinski definition) is 7. The molecule has 0 aromatic heterocycles. The second-order valence-corrected chi connectivity index (χ2v) is 6.38. The van der Waals surface area contributed by atoms with Crippen LogP contribution in [0.25, 0.3) is 0 Å². The zero-order chi connectivity index (χ0) is 15.8. The number of para-hydroxylation sites is 1. The lowest BCUT2D eigenvalue weighted by Gasteiger charge is -2.24. The minimum absolute atomic E-state index is 0.317. The Morgan fingerprint density at radius 2 is 2.00 bits per heavy atom. The molecule has 1 aromatic carbocycles. The molecule has 2 rings (SSSR count). The lowest BCUT2D eigenvalue weighted by atomic mass is 10.2. The van der Waals surface area contributed by atoms with Gasteiger partial charge >= 0.3 is 0 Å². The number of carboxylic acid groups (broad SMARTS) is 1. The quantitative estimate of drug-likeness (QED) is 0.524. The highest BCUT2D eigenvalue weighted by molar-refractivity contribution is 7.89. The van der Waals surface area contributed by atoms with Crippen LogP contribution in [-0.2, 0) is 14.8 Å². The van der Waals surface area contributed by atoms with Crippen LogP contribution >= 0.6 is 0 Å². The van der Waals surface area contributed by atoms with Crippen LogP contribution in [0.15, 0.2) is 29.2 Å². The molecule has 1 saturated heterocycles. The standard InChI is InChI=1S/C11H12N2O7S/c14-7-5-9(11(15)16)12(6-7)21(19,20)10-4-2-1-3-8(10)13(17)18/h1-4,7,9,14H,5-6H2,(H,15,16)/p-1/t7-,9+/m0/s1. The number of benzene rings is 1. The van der Waals surface area contributed by atoms with Crippen molar-refractivity contribution in [1.29, 1.82) is 0 Å². The summed E-state index contributed by atoms with van der Waals surface area (Å²) in [5.74, 6) is -1.66. The predicted molar refractivity (Wildman–Crippen MR) is 66.4 cm³/mol. The minimum atomic E-state index is -4.43. The average Bonchev–Trinajstić information content (AvgIpc) is 2.82. The molecule has 1 fully saturated rings. The fourth-order valence-electron chi connectivity index (χ4n) is 2.22. The van der Waals surface area contributed by atoms with Gasteiger partial charge in [-0.25, -0.2) is 8.42 Å². The normalized spacial score (nSPS) is 23.1. The molecule has 10 heteroatoms. The van der Waals surface area contributed by atoms with E-state index in [0.29, 0.717) is 4.31 Å². The monoisotopic (exact) mass is 315 g/mol. The van der Waals surface area contributed by atoms with Crippen LogP contribution in [0.4, 0.5) is 5.69 Å². The van der Waals surface area contributed by atoms with E-state index in [1.165, 1.54) is 12.1 Å². The van der Waals surface area contributed by atoms with Gasteiger partial charge < -0.3 is 15.0 Å². The highest BCUT2D eigenvalue weighted by Gasteiger charge is 2.42. The number of rotatable bonds is 4. The molecular weight excluding hydrogens is 304 g/mol. The smallest absolute Gasteiger partial charge is 0.289 e. The number of carbonyl (C=O) groups excluding carboxylic acids is 1. The Kier molecular flexibility index (Phi) is 3.94. The molecule has 1 aromatic rings. The van der Waals surface area contributed by atoms with Crippen molar-refractivity contribution in [3.8, 4) is 0 Å². The Labute approximate surface area is 119 Å². The molecule has 9 nitrogen and oxygen atoms in total. The molecule has 0 unspecified atom stereocenters.